The van der Waals surface area contributed by atoms with Crippen molar-refractivity contribution in [1.29, 1.82) is 0 Å². The zero-order chi connectivity index (χ0) is 7.41. The Kier molecular flexibility index (Phi) is 174. The maximum atomic E-state index is 3.48. The minimum atomic E-state index is 1.08. The van der Waals surface area contributed by atoms with Crippen molar-refractivity contribution in [3.05, 3.63) is 25.8 Å². The molecule has 0 rings (SSSR count). The van der Waals surface area contributed by atoms with E-state index in [4.69, 9.17) is 0 Å². The van der Waals surface area contributed by atoms with E-state index >= 15 is 0 Å². The van der Waals surface area contributed by atoms with Crippen molar-refractivity contribution in [2.75, 3.05) is 0 Å². The third-order valence-electron chi connectivity index (χ3n) is 0.289. The average molecular weight is 114 g/mol. The van der Waals surface area contributed by atoms with Crippen molar-refractivity contribution < 1.29 is 0 Å². The molecule has 0 aromatic carbocycles. The molecule has 0 saturated heterocycles. The summed E-state index contributed by atoms with van der Waals surface area (Å²) < 4.78 is 0. The zero-order valence-corrected chi connectivity index (χ0v) is 6.41. The van der Waals surface area contributed by atoms with Gasteiger partial charge in [-0.05, 0) is 6.42 Å². The van der Waals surface area contributed by atoms with E-state index in [2.05, 4.69) is 26.7 Å². The van der Waals surface area contributed by atoms with E-state index in [-0.39, 0.29) is 0 Å². The molecule has 0 saturated carbocycles. The lowest BCUT2D eigenvalue weighted by Gasteiger charge is -1.57. The first-order chi connectivity index (χ1) is 3.91. The van der Waals surface area contributed by atoms with E-state index in [1.54, 1.807) is 0 Å². The summed E-state index contributed by atoms with van der Waals surface area (Å²) in [5, 5.41) is 0. The van der Waals surface area contributed by atoms with Gasteiger partial charge in [-0.1, -0.05) is 26.8 Å². The first-order valence-electron chi connectivity index (χ1n) is 3.02. The highest BCUT2D eigenvalue weighted by atomic mass is 13.5. The molecule has 0 fully saturated rings. The fraction of sp³-hybridized carbons (Fsp3) is 0.500. The predicted octanol–water partition coefficient (Wildman–Crippen LogP) is 3.41. The first kappa shape index (κ1) is 15.6. The molecule has 0 N–H and O–H groups in total. The third-order valence-corrected chi connectivity index (χ3v) is 0.289. The number of hydrogen-bond acceptors (Lipinski definition) is 0. The van der Waals surface area contributed by atoms with Gasteiger partial charge in [-0.3, -0.25) is 0 Å². The Labute approximate surface area is 53.9 Å². The van der Waals surface area contributed by atoms with Crippen LogP contribution in [0.15, 0.2) is 25.8 Å². The van der Waals surface area contributed by atoms with Crippen LogP contribution < -0.4 is 0 Å². The zero-order valence-electron chi connectivity index (χ0n) is 6.41. The molecule has 0 aliphatic carbocycles. The van der Waals surface area contributed by atoms with Crippen molar-refractivity contribution in [1.82, 2.24) is 0 Å². The van der Waals surface area contributed by atoms with Crippen LogP contribution in [-0.2, 0) is 0 Å². The van der Waals surface area contributed by atoms with Crippen molar-refractivity contribution in [3.63, 3.8) is 0 Å². The van der Waals surface area contributed by atoms with Gasteiger partial charge in [-0.25, -0.2) is 0 Å². The smallest absolute Gasteiger partial charge is 0.0382 e. The van der Waals surface area contributed by atoms with Crippen LogP contribution in [0.5, 0.6) is 0 Å². The number of rotatable bonds is 1. The molecule has 8 heavy (non-hydrogen) atoms. The van der Waals surface area contributed by atoms with Crippen molar-refractivity contribution in [2.45, 2.75) is 27.2 Å². The van der Waals surface area contributed by atoms with E-state index in [0.717, 1.165) is 6.42 Å². The highest BCUT2D eigenvalue weighted by molar-refractivity contribution is 4.60. The fourth-order valence-electron chi connectivity index (χ4n) is 0. The van der Waals surface area contributed by atoms with Crippen LogP contribution in [0.25, 0.3) is 0 Å². The maximum absolute atomic E-state index is 3.48. The van der Waals surface area contributed by atoms with Crippen molar-refractivity contribution >= 4 is 0 Å². The van der Waals surface area contributed by atoms with E-state index in [0.29, 0.717) is 0 Å². The van der Waals surface area contributed by atoms with Gasteiger partial charge in [0.05, 0.1) is 0 Å². The molecule has 0 aromatic rings. The van der Waals surface area contributed by atoms with Gasteiger partial charge in [0.2, 0.25) is 0 Å². The minimum absolute atomic E-state index is 1.08. The Morgan fingerprint density at radius 2 is 1.38 bits per heavy atom. The van der Waals surface area contributed by atoms with Gasteiger partial charge in [0.25, 0.3) is 0 Å². The molecule has 0 heteroatoms. The van der Waals surface area contributed by atoms with Crippen LogP contribution in [-0.4, -0.2) is 0 Å². The van der Waals surface area contributed by atoms with Crippen LogP contribution in [0.3, 0.4) is 0 Å². The van der Waals surface area contributed by atoms with Gasteiger partial charge in [0.1, 0.15) is 0 Å². The summed E-state index contributed by atoms with van der Waals surface area (Å²) in [7, 11) is 0. The quantitative estimate of drug-likeness (QED) is 0.458. The lowest BCUT2D eigenvalue weighted by molar-refractivity contribution is 1.23. The van der Waals surface area contributed by atoms with Gasteiger partial charge in [0.15, 0.2) is 0 Å². The average Bonchev–Trinajstić information content (AvgIpc) is 1.96. The molecule has 0 heterocycles. The van der Waals surface area contributed by atoms with E-state index in [9.17, 15) is 0 Å². The van der Waals surface area contributed by atoms with Crippen LogP contribution in [0.2, 0.25) is 0 Å². The molecule has 0 nitrogen and oxygen atoms in total. The second-order valence-corrected chi connectivity index (χ2v) is 0.697. The van der Waals surface area contributed by atoms with Crippen LogP contribution >= 0.6 is 0 Å². The SMILES string of the molecule is C=C.C=CCC.CC. The third kappa shape index (κ3) is 477. The normalized spacial score (nSPS) is 4.38. The lowest BCUT2D eigenvalue weighted by atomic mass is 10.5. The van der Waals surface area contributed by atoms with E-state index in [1.807, 2.05) is 19.9 Å². The number of hydrogen-bond donors (Lipinski definition) is 0. The highest BCUT2D eigenvalue weighted by Crippen LogP contribution is 1.66. The van der Waals surface area contributed by atoms with Crippen molar-refractivity contribution in [2.24, 2.45) is 0 Å². The Hall–Kier alpha value is -0.520. The van der Waals surface area contributed by atoms with Crippen LogP contribution in [0.1, 0.15) is 27.2 Å². The lowest BCUT2D eigenvalue weighted by Crippen LogP contribution is -1.36. The largest absolute Gasteiger partial charge is 0.106 e. The highest BCUT2D eigenvalue weighted by Gasteiger charge is 1.45. The summed E-state index contributed by atoms with van der Waals surface area (Å²) in [5.74, 6) is 0. The van der Waals surface area contributed by atoms with E-state index < -0.39 is 0 Å². The van der Waals surface area contributed by atoms with Gasteiger partial charge < -0.3 is 0 Å². The molecule has 50 valence electrons. The second-order valence-electron chi connectivity index (χ2n) is 0.697. The fourth-order valence-corrected chi connectivity index (χ4v) is 0. The Bertz CT molecular complexity index is 21.2. The van der Waals surface area contributed by atoms with E-state index in [1.165, 1.54) is 0 Å². The molecule has 0 radical (unpaired) electrons. The summed E-state index contributed by atoms with van der Waals surface area (Å²) in [5.41, 5.74) is 0. The molecule has 0 spiro atoms. The summed E-state index contributed by atoms with van der Waals surface area (Å²) in [6, 6.07) is 0. The molecule has 0 amide bonds. The predicted molar refractivity (Wildman–Crippen MR) is 43.1 cm³/mol. The number of allylic oxidation sites excluding steroid dienone is 1. The monoisotopic (exact) mass is 114 g/mol. The first-order valence-corrected chi connectivity index (χ1v) is 3.02. The molecular weight excluding hydrogens is 96.1 g/mol. The Balaban J connectivity index is -0.0000000542. The van der Waals surface area contributed by atoms with Crippen LogP contribution in [0.4, 0.5) is 0 Å². The van der Waals surface area contributed by atoms with Crippen molar-refractivity contribution in [3.8, 4) is 0 Å². The molecule has 0 aromatic heterocycles. The molecule has 0 bridgehead atoms. The molecule has 0 aliphatic heterocycles. The van der Waals surface area contributed by atoms with Gasteiger partial charge in [0, 0.05) is 0 Å². The van der Waals surface area contributed by atoms with Gasteiger partial charge >= 0.3 is 0 Å². The molecule has 0 atom stereocenters. The minimum Gasteiger partial charge on any atom is -0.106 e. The second kappa shape index (κ2) is 88.8. The Morgan fingerprint density at radius 1 is 1.25 bits per heavy atom. The van der Waals surface area contributed by atoms with Gasteiger partial charge in [-0.2, -0.15) is 0 Å². The maximum Gasteiger partial charge on any atom is -0.0382 e. The summed E-state index contributed by atoms with van der Waals surface area (Å²) in [6.07, 6.45) is 2.96. The molecular formula is C8H18. The summed E-state index contributed by atoms with van der Waals surface area (Å²) >= 11 is 0. The van der Waals surface area contributed by atoms with Crippen LogP contribution in [0, 0.1) is 0 Å². The standard InChI is InChI=1S/C4H8.C2H6.C2H4/c1-3-4-2;2*1-2/h3H,1,4H2,2H3;1-2H3;1-2H2. The molecule has 0 aliphatic rings. The van der Waals surface area contributed by atoms with Gasteiger partial charge in [-0.15, -0.1) is 19.7 Å². The topological polar surface area (TPSA) is 0 Å². The molecule has 0 unspecified atom stereocenters. The summed E-state index contributed by atoms with van der Waals surface area (Å²) in [4.78, 5) is 0. The Morgan fingerprint density at radius 3 is 1.38 bits per heavy atom. The summed E-state index contributed by atoms with van der Waals surface area (Å²) in [6.45, 7) is 15.5.